The molecular weight excluding hydrogens is 432 g/mol. The van der Waals surface area contributed by atoms with Gasteiger partial charge in [0, 0.05) is 49.2 Å². The van der Waals surface area contributed by atoms with Crippen LogP contribution in [-0.2, 0) is 9.84 Å². The number of carbonyl (C=O) groups excluding carboxylic acids is 1. The predicted molar refractivity (Wildman–Crippen MR) is 124 cm³/mol. The lowest BCUT2D eigenvalue weighted by molar-refractivity contribution is 0.0742. The number of aromatic nitrogens is 1. The Labute approximate surface area is 186 Å². The molecule has 7 nitrogen and oxygen atoms in total. The van der Waals surface area contributed by atoms with Gasteiger partial charge in [-0.25, -0.2) is 13.4 Å². The van der Waals surface area contributed by atoms with Crippen LogP contribution in [-0.4, -0.2) is 56.6 Å². The van der Waals surface area contributed by atoms with Crippen LogP contribution in [0, 0.1) is 6.92 Å². The fraction of sp³-hybridized carbons (Fsp3) is 0.273. The van der Waals surface area contributed by atoms with Crippen LogP contribution in [0.15, 0.2) is 58.8 Å². The normalized spacial score (nSPS) is 14.5. The molecule has 0 atom stereocenters. The number of amides is 1. The maximum Gasteiger partial charge on any atom is 0.273 e. The summed E-state index contributed by atoms with van der Waals surface area (Å²) >= 11 is 1.35. The summed E-state index contributed by atoms with van der Waals surface area (Å²) in [6.07, 6.45) is 1.18. The predicted octanol–water partition coefficient (Wildman–Crippen LogP) is 3.56. The maximum absolute atomic E-state index is 12.9. The molecule has 1 N–H and O–H groups in total. The monoisotopic (exact) mass is 456 g/mol. The van der Waals surface area contributed by atoms with Crippen molar-refractivity contribution in [2.75, 3.05) is 42.7 Å². The molecule has 31 heavy (non-hydrogen) atoms. The molecule has 9 heteroatoms. The summed E-state index contributed by atoms with van der Waals surface area (Å²) in [6.45, 7) is 4.96. The van der Waals surface area contributed by atoms with Gasteiger partial charge in [-0.1, -0.05) is 12.1 Å². The number of thiazole rings is 1. The van der Waals surface area contributed by atoms with Crippen molar-refractivity contribution in [2.45, 2.75) is 11.8 Å². The minimum absolute atomic E-state index is 0.0689. The first-order chi connectivity index (χ1) is 14.8. The van der Waals surface area contributed by atoms with Gasteiger partial charge in [-0.15, -0.1) is 11.3 Å². The summed E-state index contributed by atoms with van der Waals surface area (Å²) in [4.78, 5) is 21.7. The first-order valence-electron chi connectivity index (χ1n) is 9.93. The highest BCUT2D eigenvalue weighted by Crippen LogP contribution is 2.24. The van der Waals surface area contributed by atoms with Gasteiger partial charge in [0.25, 0.3) is 5.91 Å². The summed E-state index contributed by atoms with van der Waals surface area (Å²) in [7, 11) is -3.23. The molecule has 0 radical (unpaired) electrons. The third-order valence-corrected chi connectivity index (χ3v) is 7.08. The van der Waals surface area contributed by atoms with E-state index in [2.05, 4.69) is 46.4 Å². The van der Waals surface area contributed by atoms with Gasteiger partial charge in [0.15, 0.2) is 15.0 Å². The zero-order valence-electron chi connectivity index (χ0n) is 17.4. The Morgan fingerprint density at radius 1 is 1.06 bits per heavy atom. The second-order valence-electron chi connectivity index (χ2n) is 7.58. The lowest BCUT2D eigenvalue weighted by Gasteiger charge is -2.36. The quantitative estimate of drug-likeness (QED) is 0.632. The fourth-order valence-electron chi connectivity index (χ4n) is 3.49. The summed E-state index contributed by atoms with van der Waals surface area (Å²) in [5, 5.41) is 5.47. The van der Waals surface area contributed by atoms with E-state index in [-0.39, 0.29) is 10.8 Å². The average Bonchev–Trinajstić information content (AvgIpc) is 3.21. The van der Waals surface area contributed by atoms with Crippen molar-refractivity contribution in [3.05, 3.63) is 65.2 Å². The molecule has 2 aromatic carbocycles. The van der Waals surface area contributed by atoms with Gasteiger partial charge in [-0.05, 0) is 48.9 Å². The molecule has 4 rings (SSSR count). The topological polar surface area (TPSA) is 82.6 Å². The lowest BCUT2D eigenvalue weighted by atomic mass is 10.2. The average molecular weight is 457 g/mol. The Hall–Kier alpha value is -2.91. The van der Waals surface area contributed by atoms with Crippen molar-refractivity contribution < 1.29 is 13.2 Å². The number of rotatable bonds is 5. The summed E-state index contributed by atoms with van der Waals surface area (Å²) in [5.74, 6) is -0.0689. The highest BCUT2D eigenvalue weighted by atomic mass is 32.2. The minimum atomic E-state index is -3.23. The van der Waals surface area contributed by atoms with E-state index < -0.39 is 9.84 Å². The number of hydrogen-bond acceptors (Lipinski definition) is 7. The zero-order valence-corrected chi connectivity index (χ0v) is 19.0. The summed E-state index contributed by atoms with van der Waals surface area (Å²) in [5.41, 5.74) is 3.55. The van der Waals surface area contributed by atoms with Gasteiger partial charge in [0.1, 0.15) is 5.69 Å². The van der Waals surface area contributed by atoms with E-state index in [9.17, 15) is 13.2 Å². The number of carbonyl (C=O) groups is 1. The Morgan fingerprint density at radius 3 is 2.42 bits per heavy atom. The molecule has 1 aliphatic rings. The van der Waals surface area contributed by atoms with E-state index >= 15 is 0 Å². The van der Waals surface area contributed by atoms with Crippen LogP contribution >= 0.6 is 11.3 Å². The van der Waals surface area contributed by atoms with Gasteiger partial charge < -0.3 is 15.1 Å². The van der Waals surface area contributed by atoms with Gasteiger partial charge >= 0.3 is 0 Å². The van der Waals surface area contributed by atoms with Crippen molar-refractivity contribution in [3.8, 4) is 0 Å². The van der Waals surface area contributed by atoms with Crippen LogP contribution in [0.1, 0.15) is 16.1 Å². The number of benzene rings is 2. The standard InChI is InChI=1S/C22H24N4O3S2/c1-16-4-3-5-18(14-16)25-10-12-26(13-11-25)21(27)20-15-30-22(24-20)23-17-6-8-19(9-7-17)31(2,28)29/h3-9,14-15H,10-13H2,1-2H3,(H,23,24). The first-order valence-corrected chi connectivity index (χ1v) is 12.7. The molecule has 0 saturated carbocycles. The Morgan fingerprint density at radius 2 is 1.77 bits per heavy atom. The molecule has 1 fully saturated rings. The molecule has 162 valence electrons. The highest BCUT2D eigenvalue weighted by Gasteiger charge is 2.24. The minimum Gasteiger partial charge on any atom is -0.368 e. The van der Waals surface area contributed by atoms with Crippen LogP contribution in [0.2, 0.25) is 0 Å². The largest absolute Gasteiger partial charge is 0.368 e. The zero-order chi connectivity index (χ0) is 22.0. The Balaban J connectivity index is 1.36. The summed E-state index contributed by atoms with van der Waals surface area (Å²) in [6, 6.07) is 14.9. The number of anilines is 3. The third kappa shape index (κ3) is 5.05. The lowest BCUT2D eigenvalue weighted by Crippen LogP contribution is -2.48. The second-order valence-corrected chi connectivity index (χ2v) is 10.5. The molecule has 0 spiro atoms. The second kappa shape index (κ2) is 8.68. The van der Waals surface area contributed by atoms with Crippen molar-refractivity contribution >= 4 is 43.6 Å². The smallest absolute Gasteiger partial charge is 0.273 e. The molecular formula is C22H24N4O3S2. The maximum atomic E-state index is 12.9. The number of hydrogen-bond donors (Lipinski definition) is 1. The van der Waals surface area contributed by atoms with Crippen molar-refractivity contribution in [3.63, 3.8) is 0 Å². The van der Waals surface area contributed by atoms with E-state index in [1.165, 1.54) is 28.8 Å². The van der Waals surface area contributed by atoms with E-state index in [0.29, 0.717) is 29.6 Å². The Bertz CT molecular complexity index is 1180. The molecule has 0 unspecified atom stereocenters. The van der Waals surface area contributed by atoms with Crippen LogP contribution in [0.3, 0.4) is 0 Å². The molecule has 2 heterocycles. The van der Waals surface area contributed by atoms with Gasteiger partial charge in [0.05, 0.1) is 4.90 Å². The molecule has 3 aromatic rings. The Kier molecular flexibility index (Phi) is 5.97. The molecule has 0 aliphatic carbocycles. The van der Waals surface area contributed by atoms with E-state index in [4.69, 9.17) is 0 Å². The van der Waals surface area contributed by atoms with Crippen LogP contribution < -0.4 is 10.2 Å². The number of nitrogens with zero attached hydrogens (tertiary/aromatic N) is 3. The van der Waals surface area contributed by atoms with Crippen molar-refractivity contribution in [1.82, 2.24) is 9.88 Å². The van der Waals surface area contributed by atoms with Crippen LogP contribution in [0.25, 0.3) is 0 Å². The SMILES string of the molecule is Cc1cccc(N2CCN(C(=O)c3csc(Nc4ccc(S(C)(=O)=O)cc4)n3)CC2)c1. The van der Waals surface area contributed by atoms with Gasteiger partial charge in [0.2, 0.25) is 0 Å². The number of sulfone groups is 1. The number of piperazine rings is 1. The molecule has 0 bridgehead atoms. The number of aryl methyl sites for hydroxylation is 1. The van der Waals surface area contributed by atoms with E-state index in [1.54, 1.807) is 29.6 Å². The molecule has 1 aromatic heterocycles. The van der Waals surface area contributed by atoms with E-state index in [0.717, 1.165) is 13.1 Å². The van der Waals surface area contributed by atoms with E-state index in [1.807, 2.05) is 4.90 Å². The van der Waals surface area contributed by atoms with Crippen molar-refractivity contribution in [1.29, 1.82) is 0 Å². The molecule has 1 amide bonds. The molecule has 1 saturated heterocycles. The van der Waals surface area contributed by atoms with Crippen molar-refractivity contribution in [2.24, 2.45) is 0 Å². The highest BCUT2D eigenvalue weighted by molar-refractivity contribution is 7.90. The van der Waals surface area contributed by atoms with Crippen LogP contribution in [0.4, 0.5) is 16.5 Å². The first kappa shape index (κ1) is 21.3. The van der Waals surface area contributed by atoms with Crippen LogP contribution in [0.5, 0.6) is 0 Å². The fourth-order valence-corrected chi connectivity index (χ4v) is 4.83. The van der Waals surface area contributed by atoms with Gasteiger partial charge in [-0.2, -0.15) is 0 Å². The molecule has 1 aliphatic heterocycles. The third-order valence-electron chi connectivity index (χ3n) is 5.19. The summed E-state index contributed by atoms with van der Waals surface area (Å²) < 4.78 is 23.1. The van der Waals surface area contributed by atoms with Gasteiger partial charge in [-0.3, -0.25) is 4.79 Å². The number of nitrogens with one attached hydrogen (secondary N) is 1.